The van der Waals surface area contributed by atoms with Crippen LogP contribution in [-0.2, 0) is 11.2 Å². The first-order valence-electron chi connectivity index (χ1n) is 6.35. The highest BCUT2D eigenvalue weighted by Crippen LogP contribution is 2.12. The van der Waals surface area contributed by atoms with Crippen LogP contribution in [0, 0.1) is 0 Å². The molecule has 1 unspecified atom stereocenters. The molecule has 0 spiro atoms. The highest BCUT2D eigenvalue weighted by Gasteiger charge is 2.02. The molecular weight excluding hydrogens is 230 g/mol. The van der Waals surface area contributed by atoms with Crippen LogP contribution in [0.4, 0.5) is 0 Å². The number of nitrogens with one attached hydrogen (secondary N) is 1. The fourth-order valence-corrected chi connectivity index (χ4v) is 1.64. The molecule has 102 valence electrons. The van der Waals surface area contributed by atoms with E-state index in [0.29, 0.717) is 19.8 Å². The van der Waals surface area contributed by atoms with E-state index in [-0.39, 0.29) is 0 Å². The molecule has 1 aromatic carbocycles. The van der Waals surface area contributed by atoms with Crippen LogP contribution in [0.25, 0.3) is 0 Å². The molecule has 0 aliphatic rings. The van der Waals surface area contributed by atoms with Gasteiger partial charge in [-0.25, -0.2) is 0 Å². The summed E-state index contributed by atoms with van der Waals surface area (Å²) in [6.45, 7) is 4.34. The summed E-state index contributed by atoms with van der Waals surface area (Å²) >= 11 is 0. The van der Waals surface area contributed by atoms with Gasteiger partial charge in [-0.2, -0.15) is 0 Å². The van der Waals surface area contributed by atoms with Crippen LogP contribution in [0.3, 0.4) is 0 Å². The number of benzene rings is 1. The zero-order chi connectivity index (χ0) is 13.2. The van der Waals surface area contributed by atoms with E-state index in [9.17, 15) is 5.11 Å². The van der Waals surface area contributed by atoms with Gasteiger partial charge >= 0.3 is 0 Å². The molecule has 18 heavy (non-hydrogen) atoms. The Balaban J connectivity index is 2.17. The van der Waals surface area contributed by atoms with E-state index in [1.54, 1.807) is 7.11 Å². The van der Waals surface area contributed by atoms with Crippen LogP contribution in [0.2, 0.25) is 0 Å². The molecule has 0 saturated heterocycles. The second-order valence-electron chi connectivity index (χ2n) is 4.12. The van der Waals surface area contributed by atoms with Gasteiger partial charge in [0.15, 0.2) is 0 Å². The fourth-order valence-electron chi connectivity index (χ4n) is 1.64. The van der Waals surface area contributed by atoms with Crippen molar-refractivity contribution < 1.29 is 14.6 Å². The van der Waals surface area contributed by atoms with E-state index in [1.807, 2.05) is 25.1 Å². The van der Waals surface area contributed by atoms with Gasteiger partial charge < -0.3 is 19.9 Å². The van der Waals surface area contributed by atoms with Gasteiger partial charge in [0.1, 0.15) is 5.75 Å². The Morgan fingerprint density at radius 3 is 2.94 bits per heavy atom. The van der Waals surface area contributed by atoms with Crippen molar-refractivity contribution in [1.29, 1.82) is 0 Å². The van der Waals surface area contributed by atoms with Crippen molar-refractivity contribution in [1.82, 2.24) is 5.32 Å². The van der Waals surface area contributed by atoms with Crippen LogP contribution < -0.4 is 10.1 Å². The minimum atomic E-state index is -0.435. The van der Waals surface area contributed by atoms with Gasteiger partial charge in [-0.1, -0.05) is 12.1 Å². The van der Waals surface area contributed by atoms with Crippen molar-refractivity contribution in [3.63, 3.8) is 0 Å². The maximum atomic E-state index is 9.55. The number of aliphatic hydroxyl groups excluding tert-OH is 1. The van der Waals surface area contributed by atoms with Crippen molar-refractivity contribution in [2.24, 2.45) is 0 Å². The molecular formula is C14H23NO3. The largest absolute Gasteiger partial charge is 0.497 e. The molecule has 0 fully saturated rings. The summed E-state index contributed by atoms with van der Waals surface area (Å²) < 4.78 is 10.3. The summed E-state index contributed by atoms with van der Waals surface area (Å²) in [6.07, 6.45) is 0.480. The zero-order valence-corrected chi connectivity index (χ0v) is 11.2. The summed E-state index contributed by atoms with van der Waals surface area (Å²) in [4.78, 5) is 0. The number of rotatable bonds is 9. The van der Waals surface area contributed by atoms with Gasteiger partial charge in [-0.15, -0.1) is 0 Å². The molecule has 1 rings (SSSR count). The third-order valence-electron chi connectivity index (χ3n) is 2.62. The maximum absolute atomic E-state index is 9.55. The molecule has 0 saturated carbocycles. The van der Waals surface area contributed by atoms with Gasteiger partial charge in [0.2, 0.25) is 0 Å². The van der Waals surface area contributed by atoms with E-state index in [1.165, 1.54) is 5.56 Å². The van der Waals surface area contributed by atoms with Gasteiger partial charge in [0.05, 0.1) is 19.8 Å². The first-order valence-corrected chi connectivity index (χ1v) is 6.35. The second kappa shape index (κ2) is 8.91. The Labute approximate surface area is 109 Å². The first-order chi connectivity index (χ1) is 8.76. The average molecular weight is 253 g/mol. The Kier molecular flexibility index (Phi) is 7.41. The van der Waals surface area contributed by atoms with E-state index in [4.69, 9.17) is 9.47 Å². The Hall–Kier alpha value is -1.10. The summed E-state index contributed by atoms with van der Waals surface area (Å²) in [5, 5.41) is 12.8. The van der Waals surface area contributed by atoms with E-state index >= 15 is 0 Å². The third kappa shape index (κ3) is 6.00. The van der Waals surface area contributed by atoms with Gasteiger partial charge in [0.25, 0.3) is 0 Å². The molecule has 0 bridgehead atoms. The number of aliphatic hydroxyl groups is 1. The predicted octanol–water partition coefficient (Wildman–Crippen LogP) is 1.22. The smallest absolute Gasteiger partial charge is 0.119 e. The van der Waals surface area contributed by atoms with Crippen LogP contribution in [0.15, 0.2) is 24.3 Å². The zero-order valence-electron chi connectivity index (χ0n) is 11.2. The molecule has 2 N–H and O–H groups in total. The SMILES string of the molecule is CCOCC(O)CNCCc1cccc(OC)c1. The molecule has 0 aliphatic heterocycles. The molecule has 0 amide bonds. The monoisotopic (exact) mass is 253 g/mol. The molecule has 4 nitrogen and oxygen atoms in total. The van der Waals surface area contributed by atoms with Gasteiger partial charge in [-0.3, -0.25) is 0 Å². The lowest BCUT2D eigenvalue weighted by atomic mass is 10.1. The lowest BCUT2D eigenvalue weighted by molar-refractivity contribution is 0.0430. The predicted molar refractivity (Wildman–Crippen MR) is 72.1 cm³/mol. The van der Waals surface area contributed by atoms with Crippen molar-refractivity contribution in [3.05, 3.63) is 29.8 Å². The fraction of sp³-hybridized carbons (Fsp3) is 0.571. The summed E-state index contributed by atoms with van der Waals surface area (Å²) in [6, 6.07) is 8.01. The van der Waals surface area contributed by atoms with Crippen LogP contribution >= 0.6 is 0 Å². The minimum absolute atomic E-state index is 0.392. The molecule has 0 radical (unpaired) electrons. The highest BCUT2D eigenvalue weighted by molar-refractivity contribution is 5.28. The maximum Gasteiger partial charge on any atom is 0.119 e. The number of hydrogen-bond donors (Lipinski definition) is 2. The highest BCUT2D eigenvalue weighted by atomic mass is 16.5. The Morgan fingerprint density at radius 2 is 2.22 bits per heavy atom. The number of hydrogen-bond acceptors (Lipinski definition) is 4. The van der Waals surface area contributed by atoms with Crippen molar-refractivity contribution in [2.45, 2.75) is 19.4 Å². The van der Waals surface area contributed by atoms with Crippen LogP contribution in [0.5, 0.6) is 5.75 Å². The van der Waals surface area contributed by atoms with Crippen molar-refractivity contribution in [2.75, 3.05) is 33.4 Å². The molecule has 1 aromatic rings. The Morgan fingerprint density at radius 1 is 1.39 bits per heavy atom. The third-order valence-corrected chi connectivity index (χ3v) is 2.62. The quantitative estimate of drug-likeness (QED) is 0.650. The normalized spacial score (nSPS) is 12.4. The number of ether oxygens (including phenoxy) is 2. The molecule has 4 heteroatoms. The summed E-state index contributed by atoms with van der Waals surface area (Å²) in [5.41, 5.74) is 1.22. The van der Waals surface area contributed by atoms with Crippen molar-refractivity contribution in [3.8, 4) is 5.75 Å². The topological polar surface area (TPSA) is 50.7 Å². The van der Waals surface area contributed by atoms with E-state index < -0.39 is 6.10 Å². The average Bonchev–Trinajstić information content (AvgIpc) is 2.41. The second-order valence-corrected chi connectivity index (χ2v) is 4.12. The summed E-state index contributed by atoms with van der Waals surface area (Å²) in [7, 11) is 1.67. The standard InChI is InChI=1S/C14H23NO3/c1-3-18-11-13(16)10-15-8-7-12-5-4-6-14(9-12)17-2/h4-6,9,13,15-16H,3,7-8,10-11H2,1-2H3. The van der Waals surface area contributed by atoms with Crippen LogP contribution in [-0.4, -0.2) is 44.6 Å². The lowest BCUT2D eigenvalue weighted by Gasteiger charge is -2.11. The van der Waals surface area contributed by atoms with E-state index in [0.717, 1.165) is 18.7 Å². The van der Waals surface area contributed by atoms with Gasteiger partial charge in [-0.05, 0) is 37.6 Å². The Bertz CT molecular complexity index is 331. The molecule has 0 aliphatic carbocycles. The van der Waals surface area contributed by atoms with E-state index in [2.05, 4.69) is 11.4 Å². The van der Waals surface area contributed by atoms with Gasteiger partial charge in [0, 0.05) is 13.2 Å². The number of methoxy groups -OCH3 is 1. The minimum Gasteiger partial charge on any atom is -0.497 e. The van der Waals surface area contributed by atoms with Crippen molar-refractivity contribution >= 4 is 0 Å². The first kappa shape index (κ1) is 15.0. The lowest BCUT2D eigenvalue weighted by Crippen LogP contribution is -2.31. The summed E-state index contributed by atoms with van der Waals surface area (Å²) in [5.74, 6) is 0.879. The molecule has 1 atom stereocenters. The molecule has 0 heterocycles. The molecule has 0 aromatic heterocycles. The van der Waals surface area contributed by atoms with Crippen LogP contribution in [0.1, 0.15) is 12.5 Å².